The first-order chi connectivity index (χ1) is 16.2. The van der Waals surface area contributed by atoms with Crippen LogP contribution in [0.25, 0.3) is 22.4 Å². The minimum absolute atomic E-state index is 0.0651. The van der Waals surface area contributed by atoms with Gasteiger partial charge in [-0.25, -0.2) is 9.78 Å². The van der Waals surface area contributed by atoms with E-state index in [-0.39, 0.29) is 11.5 Å². The van der Waals surface area contributed by atoms with Crippen molar-refractivity contribution in [2.24, 2.45) is 0 Å². The Labute approximate surface area is 188 Å². The van der Waals surface area contributed by atoms with Crippen molar-refractivity contribution in [3.05, 3.63) is 70.5 Å². The van der Waals surface area contributed by atoms with Gasteiger partial charge in [0.2, 0.25) is 11.7 Å². The number of anilines is 1. The summed E-state index contributed by atoms with van der Waals surface area (Å²) in [6.45, 7) is 2.21. The molecule has 2 fully saturated rings. The Kier molecular flexibility index (Phi) is 4.67. The van der Waals surface area contributed by atoms with Crippen molar-refractivity contribution in [3.8, 4) is 11.4 Å². The van der Waals surface area contributed by atoms with Gasteiger partial charge in [-0.05, 0) is 37.1 Å². The third kappa shape index (κ3) is 3.75. The van der Waals surface area contributed by atoms with E-state index in [9.17, 15) is 9.59 Å². The Morgan fingerprint density at radius 2 is 1.85 bits per heavy atom. The molecule has 1 saturated carbocycles. The van der Waals surface area contributed by atoms with Crippen molar-refractivity contribution in [1.82, 2.24) is 20.0 Å². The van der Waals surface area contributed by atoms with Crippen LogP contribution in [0.3, 0.4) is 0 Å². The SMILES string of the molecule is O=C(c1cc2ccccc2oc1=O)N1CCN(c2ccc(-c3noc(C4CC4)n3)cn2)CC1. The topological polar surface area (TPSA) is 106 Å². The van der Waals surface area contributed by atoms with Crippen LogP contribution in [-0.4, -0.2) is 52.1 Å². The van der Waals surface area contributed by atoms with Gasteiger partial charge in [0.1, 0.15) is 17.0 Å². The molecule has 1 amide bonds. The molecule has 2 aliphatic rings. The quantitative estimate of drug-likeness (QED) is 0.443. The van der Waals surface area contributed by atoms with Crippen LogP contribution in [0.1, 0.15) is 35.0 Å². The molecule has 0 unspecified atom stereocenters. The second kappa shape index (κ2) is 7.84. The third-order valence-electron chi connectivity index (χ3n) is 6.14. The van der Waals surface area contributed by atoms with Crippen LogP contribution in [0, 0.1) is 0 Å². The monoisotopic (exact) mass is 443 g/mol. The van der Waals surface area contributed by atoms with E-state index in [2.05, 4.69) is 20.0 Å². The lowest BCUT2D eigenvalue weighted by atomic mass is 10.1. The number of hydrogen-bond donors (Lipinski definition) is 0. The van der Waals surface area contributed by atoms with E-state index in [1.165, 1.54) is 0 Å². The van der Waals surface area contributed by atoms with Crippen LogP contribution in [0.15, 0.2) is 62.4 Å². The molecule has 0 radical (unpaired) electrons. The van der Waals surface area contributed by atoms with Crippen LogP contribution < -0.4 is 10.5 Å². The number of rotatable bonds is 4. The van der Waals surface area contributed by atoms with Crippen LogP contribution in [0.4, 0.5) is 5.82 Å². The van der Waals surface area contributed by atoms with E-state index in [0.29, 0.717) is 49.4 Å². The van der Waals surface area contributed by atoms with Crippen molar-refractivity contribution in [2.45, 2.75) is 18.8 Å². The van der Waals surface area contributed by atoms with Gasteiger partial charge in [-0.15, -0.1) is 0 Å². The first-order valence-electron chi connectivity index (χ1n) is 11.0. The molecule has 1 aliphatic carbocycles. The maximum absolute atomic E-state index is 13.0. The van der Waals surface area contributed by atoms with Gasteiger partial charge >= 0.3 is 5.63 Å². The Bertz CT molecular complexity index is 1380. The fourth-order valence-electron chi connectivity index (χ4n) is 4.07. The number of hydrogen-bond acceptors (Lipinski definition) is 8. The normalized spacial score (nSPS) is 16.4. The maximum Gasteiger partial charge on any atom is 0.349 e. The summed E-state index contributed by atoms with van der Waals surface area (Å²) >= 11 is 0. The fourth-order valence-corrected chi connectivity index (χ4v) is 4.07. The van der Waals surface area contributed by atoms with Gasteiger partial charge in [0.25, 0.3) is 5.91 Å². The lowest BCUT2D eigenvalue weighted by Gasteiger charge is -2.35. The molecular weight excluding hydrogens is 422 g/mol. The molecule has 9 heteroatoms. The van der Waals surface area contributed by atoms with Gasteiger partial charge < -0.3 is 18.7 Å². The zero-order chi connectivity index (χ0) is 22.4. The second-order valence-corrected chi connectivity index (χ2v) is 8.40. The van der Waals surface area contributed by atoms with Crippen molar-refractivity contribution in [3.63, 3.8) is 0 Å². The molecule has 0 spiro atoms. The zero-order valence-electron chi connectivity index (χ0n) is 17.8. The number of fused-ring (bicyclic) bond motifs is 1. The molecule has 33 heavy (non-hydrogen) atoms. The van der Waals surface area contributed by atoms with E-state index in [0.717, 1.165) is 29.6 Å². The van der Waals surface area contributed by atoms with Crippen LogP contribution >= 0.6 is 0 Å². The number of benzene rings is 1. The Hall–Kier alpha value is -4.01. The summed E-state index contributed by atoms with van der Waals surface area (Å²) in [5.41, 5.74) is 0.745. The van der Waals surface area contributed by atoms with E-state index in [1.807, 2.05) is 24.3 Å². The average molecular weight is 443 g/mol. The van der Waals surface area contributed by atoms with Gasteiger partial charge in [0.15, 0.2) is 0 Å². The number of carbonyl (C=O) groups excluding carboxylic acids is 1. The van der Waals surface area contributed by atoms with E-state index < -0.39 is 5.63 Å². The summed E-state index contributed by atoms with van der Waals surface area (Å²) in [5.74, 6) is 2.19. The van der Waals surface area contributed by atoms with Gasteiger partial charge in [0, 0.05) is 49.2 Å². The van der Waals surface area contributed by atoms with Crippen molar-refractivity contribution in [2.75, 3.05) is 31.1 Å². The predicted molar refractivity (Wildman–Crippen MR) is 120 cm³/mol. The van der Waals surface area contributed by atoms with Crippen LogP contribution in [0.5, 0.6) is 0 Å². The summed E-state index contributed by atoms with van der Waals surface area (Å²) in [6, 6.07) is 12.7. The summed E-state index contributed by atoms with van der Waals surface area (Å²) < 4.78 is 10.6. The summed E-state index contributed by atoms with van der Waals surface area (Å²) in [4.78, 5) is 38.1. The Morgan fingerprint density at radius 3 is 2.61 bits per heavy atom. The van der Waals surface area contributed by atoms with Crippen molar-refractivity contribution in [1.29, 1.82) is 0 Å². The number of para-hydroxylation sites is 1. The Balaban J connectivity index is 1.13. The van der Waals surface area contributed by atoms with Crippen LogP contribution in [-0.2, 0) is 0 Å². The lowest BCUT2D eigenvalue weighted by molar-refractivity contribution is 0.0742. The van der Waals surface area contributed by atoms with Gasteiger partial charge in [0.05, 0.1) is 0 Å². The Morgan fingerprint density at radius 1 is 1.03 bits per heavy atom. The van der Waals surface area contributed by atoms with E-state index in [1.54, 1.807) is 29.3 Å². The molecule has 9 nitrogen and oxygen atoms in total. The van der Waals surface area contributed by atoms with Gasteiger partial charge in [-0.3, -0.25) is 4.79 Å². The standard InChI is InChI=1S/C24H21N5O4/c30-23(18-13-16-3-1-2-4-19(16)32-24(18)31)29-11-9-28(10-12-29)20-8-7-17(14-25-20)21-26-22(33-27-21)15-5-6-15/h1-4,7-8,13-15H,5-6,9-12H2. The maximum atomic E-state index is 13.0. The average Bonchev–Trinajstić information content (AvgIpc) is 3.60. The highest BCUT2D eigenvalue weighted by Gasteiger charge is 2.30. The second-order valence-electron chi connectivity index (χ2n) is 8.40. The number of amides is 1. The minimum Gasteiger partial charge on any atom is -0.422 e. The summed E-state index contributed by atoms with van der Waals surface area (Å²) in [7, 11) is 0. The highest BCUT2D eigenvalue weighted by atomic mass is 16.5. The fraction of sp³-hybridized carbons (Fsp3) is 0.292. The number of piperazine rings is 1. The molecule has 4 heterocycles. The van der Waals surface area contributed by atoms with Crippen molar-refractivity contribution >= 4 is 22.7 Å². The smallest absolute Gasteiger partial charge is 0.349 e. The molecule has 6 rings (SSSR count). The number of pyridine rings is 1. The van der Waals surface area contributed by atoms with Crippen molar-refractivity contribution < 1.29 is 13.7 Å². The predicted octanol–water partition coefficient (Wildman–Crippen LogP) is 3.08. The molecule has 0 atom stereocenters. The first-order valence-corrected chi connectivity index (χ1v) is 11.0. The molecule has 1 saturated heterocycles. The molecule has 0 bridgehead atoms. The lowest BCUT2D eigenvalue weighted by Crippen LogP contribution is -2.49. The first kappa shape index (κ1) is 19.7. The van der Waals surface area contributed by atoms with Gasteiger partial charge in [-0.2, -0.15) is 4.98 Å². The molecule has 1 aliphatic heterocycles. The third-order valence-corrected chi connectivity index (χ3v) is 6.14. The van der Waals surface area contributed by atoms with Gasteiger partial charge in [-0.1, -0.05) is 23.4 Å². The minimum atomic E-state index is -0.607. The number of carbonyl (C=O) groups is 1. The summed E-state index contributed by atoms with van der Waals surface area (Å²) in [6.07, 6.45) is 3.97. The molecule has 0 N–H and O–H groups in total. The molecule has 3 aromatic heterocycles. The highest BCUT2D eigenvalue weighted by molar-refractivity contribution is 5.96. The molecule has 4 aromatic rings. The largest absolute Gasteiger partial charge is 0.422 e. The van der Waals surface area contributed by atoms with E-state index in [4.69, 9.17) is 8.94 Å². The molecular formula is C24H21N5O4. The molecule has 1 aromatic carbocycles. The zero-order valence-corrected chi connectivity index (χ0v) is 17.8. The summed E-state index contributed by atoms with van der Waals surface area (Å²) in [5, 5.41) is 4.79. The number of nitrogens with zero attached hydrogens (tertiary/aromatic N) is 5. The molecule has 166 valence electrons. The van der Waals surface area contributed by atoms with Crippen LogP contribution in [0.2, 0.25) is 0 Å². The van der Waals surface area contributed by atoms with E-state index >= 15 is 0 Å². The highest BCUT2D eigenvalue weighted by Crippen LogP contribution is 2.39. The number of aromatic nitrogens is 3.